The second-order valence-electron chi connectivity index (χ2n) is 2.81. The van der Waals surface area contributed by atoms with Crippen LogP contribution < -0.4 is 0 Å². The minimum atomic E-state index is -1.47. The number of halogens is 3. The largest absolute Gasteiger partial charge is 0.260 e. The highest BCUT2D eigenvalue weighted by atomic mass is 19.2. The molecule has 1 aliphatic heterocycles. The lowest BCUT2D eigenvalue weighted by atomic mass is 10.1. The minimum Gasteiger partial charge on any atom is -0.260 e. The highest BCUT2D eigenvalue weighted by Gasteiger charge is 2.16. The third kappa shape index (κ3) is 1.41. The van der Waals surface area contributed by atoms with Crippen molar-refractivity contribution in [2.24, 2.45) is 9.98 Å². The summed E-state index contributed by atoms with van der Waals surface area (Å²) in [6, 6.07) is 1.31. The van der Waals surface area contributed by atoms with Gasteiger partial charge >= 0.3 is 0 Å². The molecule has 0 amide bonds. The van der Waals surface area contributed by atoms with Gasteiger partial charge in [-0.15, -0.1) is 0 Å². The van der Waals surface area contributed by atoms with Gasteiger partial charge in [-0.25, -0.2) is 18.2 Å². The van der Waals surface area contributed by atoms with Crippen molar-refractivity contribution >= 4 is 12.6 Å². The van der Waals surface area contributed by atoms with E-state index in [2.05, 4.69) is 9.98 Å². The van der Waals surface area contributed by atoms with E-state index < -0.39 is 23.5 Å². The Morgan fingerprint density at radius 2 is 1.71 bits per heavy atom. The zero-order chi connectivity index (χ0) is 10.1. The van der Waals surface area contributed by atoms with Crippen LogP contribution in [0.25, 0.3) is 0 Å². The molecule has 1 unspecified atom stereocenters. The molecular weight excluding hydrogens is 193 g/mol. The molecule has 1 aliphatic rings. The summed E-state index contributed by atoms with van der Waals surface area (Å²) < 4.78 is 38.1. The van der Waals surface area contributed by atoms with E-state index in [1.165, 1.54) is 12.6 Å². The van der Waals surface area contributed by atoms with E-state index >= 15 is 0 Å². The molecule has 2 rings (SSSR count). The van der Waals surface area contributed by atoms with Gasteiger partial charge in [-0.1, -0.05) is 0 Å². The minimum absolute atomic E-state index is 0.249. The van der Waals surface area contributed by atoms with Crippen molar-refractivity contribution in [3.05, 3.63) is 35.1 Å². The zero-order valence-corrected chi connectivity index (χ0v) is 6.92. The highest BCUT2D eigenvalue weighted by molar-refractivity contribution is 5.83. The lowest BCUT2D eigenvalue weighted by Crippen LogP contribution is -1.99. The molecular formula is C9H5F3N2. The quantitative estimate of drug-likeness (QED) is 0.618. The predicted octanol–water partition coefficient (Wildman–Crippen LogP) is 2.26. The second kappa shape index (κ2) is 3.25. The molecule has 1 aromatic carbocycles. The van der Waals surface area contributed by atoms with Gasteiger partial charge in [-0.3, -0.25) is 4.99 Å². The molecule has 1 aromatic rings. The van der Waals surface area contributed by atoms with Crippen molar-refractivity contribution in [3.8, 4) is 0 Å². The lowest BCUT2D eigenvalue weighted by molar-refractivity contribution is 0.445. The van der Waals surface area contributed by atoms with Crippen LogP contribution in [0.3, 0.4) is 0 Å². The van der Waals surface area contributed by atoms with E-state index in [1.54, 1.807) is 0 Å². The Morgan fingerprint density at radius 1 is 1.07 bits per heavy atom. The molecule has 2 nitrogen and oxygen atoms in total. The monoisotopic (exact) mass is 198 g/mol. The summed E-state index contributed by atoms with van der Waals surface area (Å²) in [5, 5.41) is 0. The van der Waals surface area contributed by atoms with E-state index in [0.717, 1.165) is 12.1 Å². The lowest BCUT2D eigenvalue weighted by Gasteiger charge is -2.04. The van der Waals surface area contributed by atoms with Crippen LogP contribution in [0, 0.1) is 17.5 Å². The van der Waals surface area contributed by atoms with Crippen LogP contribution >= 0.6 is 0 Å². The predicted molar refractivity (Wildman–Crippen MR) is 46.0 cm³/mol. The third-order valence-electron chi connectivity index (χ3n) is 1.87. The van der Waals surface area contributed by atoms with Gasteiger partial charge < -0.3 is 0 Å². The molecule has 5 heteroatoms. The Morgan fingerprint density at radius 3 is 2.21 bits per heavy atom. The van der Waals surface area contributed by atoms with Crippen molar-refractivity contribution < 1.29 is 13.2 Å². The van der Waals surface area contributed by atoms with Gasteiger partial charge in [0.25, 0.3) is 0 Å². The van der Waals surface area contributed by atoms with Crippen LogP contribution in [0.2, 0.25) is 0 Å². The summed E-state index contributed by atoms with van der Waals surface area (Å²) in [5.74, 6) is -3.89. The molecule has 0 aliphatic carbocycles. The molecule has 72 valence electrons. The fourth-order valence-corrected chi connectivity index (χ4v) is 1.19. The SMILES string of the molecule is Fc1cc(C2C=NC=N2)cc(F)c1F. The summed E-state index contributed by atoms with van der Waals surface area (Å²) in [5.41, 5.74) is 0.249. The molecule has 0 radical (unpaired) electrons. The van der Waals surface area contributed by atoms with E-state index in [1.807, 2.05) is 0 Å². The van der Waals surface area contributed by atoms with Crippen molar-refractivity contribution in [2.75, 3.05) is 0 Å². The molecule has 0 saturated heterocycles. The first-order valence-electron chi connectivity index (χ1n) is 3.88. The van der Waals surface area contributed by atoms with Gasteiger partial charge in [-0.05, 0) is 17.7 Å². The number of benzene rings is 1. The highest BCUT2D eigenvalue weighted by Crippen LogP contribution is 2.22. The van der Waals surface area contributed by atoms with Crippen molar-refractivity contribution in [3.63, 3.8) is 0 Å². The molecule has 1 atom stereocenters. The van der Waals surface area contributed by atoms with Crippen LogP contribution in [-0.2, 0) is 0 Å². The first-order valence-corrected chi connectivity index (χ1v) is 3.88. The van der Waals surface area contributed by atoms with Crippen molar-refractivity contribution in [1.82, 2.24) is 0 Å². The van der Waals surface area contributed by atoms with Crippen LogP contribution in [0.5, 0.6) is 0 Å². The maximum atomic E-state index is 12.8. The van der Waals surface area contributed by atoms with Crippen LogP contribution in [0.4, 0.5) is 13.2 Å². The maximum absolute atomic E-state index is 12.8. The number of hydrogen-bond donors (Lipinski definition) is 0. The van der Waals surface area contributed by atoms with Gasteiger partial charge in [0, 0.05) is 6.21 Å². The number of hydrogen-bond acceptors (Lipinski definition) is 2. The molecule has 14 heavy (non-hydrogen) atoms. The van der Waals surface area contributed by atoms with Gasteiger partial charge in [0.1, 0.15) is 12.4 Å². The van der Waals surface area contributed by atoms with E-state index in [0.29, 0.717) is 0 Å². The smallest absolute Gasteiger partial charge is 0.194 e. The standard InChI is InChI=1S/C9H5F3N2/c10-6-1-5(2-7(11)9(6)12)8-3-13-4-14-8/h1-4,8H. The normalized spacial score (nSPS) is 19.2. The van der Waals surface area contributed by atoms with Gasteiger partial charge in [0.15, 0.2) is 17.5 Å². The molecule has 0 N–H and O–H groups in total. The van der Waals surface area contributed by atoms with Crippen LogP contribution in [-0.4, -0.2) is 12.6 Å². The first-order chi connectivity index (χ1) is 6.68. The Labute approximate surface area is 77.8 Å². The average Bonchev–Trinajstić information content (AvgIpc) is 2.66. The van der Waals surface area contributed by atoms with E-state index in [4.69, 9.17) is 0 Å². The van der Waals surface area contributed by atoms with Crippen LogP contribution in [0.15, 0.2) is 22.1 Å². The van der Waals surface area contributed by atoms with Crippen molar-refractivity contribution in [1.29, 1.82) is 0 Å². The molecule has 0 bridgehead atoms. The molecule has 0 aromatic heterocycles. The first kappa shape index (κ1) is 8.93. The fraction of sp³-hybridized carbons (Fsp3) is 0.111. The average molecular weight is 198 g/mol. The fourth-order valence-electron chi connectivity index (χ4n) is 1.19. The second-order valence-corrected chi connectivity index (χ2v) is 2.81. The van der Waals surface area contributed by atoms with Crippen molar-refractivity contribution in [2.45, 2.75) is 6.04 Å². The maximum Gasteiger partial charge on any atom is 0.194 e. The van der Waals surface area contributed by atoms with Gasteiger partial charge in [0.05, 0.1) is 0 Å². The molecule has 0 fully saturated rings. The van der Waals surface area contributed by atoms with E-state index in [9.17, 15) is 13.2 Å². The molecule has 0 saturated carbocycles. The molecule has 0 spiro atoms. The zero-order valence-electron chi connectivity index (χ0n) is 6.92. The van der Waals surface area contributed by atoms with Gasteiger partial charge in [0.2, 0.25) is 0 Å². The van der Waals surface area contributed by atoms with Crippen LogP contribution in [0.1, 0.15) is 11.6 Å². The van der Waals surface area contributed by atoms with Gasteiger partial charge in [-0.2, -0.15) is 0 Å². The Balaban J connectivity index is 2.45. The Hall–Kier alpha value is -1.65. The molecule has 1 heterocycles. The Bertz CT molecular complexity index is 391. The number of rotatable bonds is 1. The summed E-state index contributed by atoms with van der Waals surface area (Å²) in [6.07, 6.45) is 2.70. The summed E-state index contributed by atoms with van der Waals surface area (Å²) in [6.45, 7) is 0. The summed E-state index contributed by atoms with van der Waals surface area (Å²) in [4.78, 5) is 7.48. The number of aliphatic imine (C=N–C) groups is 2. The van der Waals surface area contributed by atoms with E-state index in [-0.39, 0.29) is 5.56 Å². The summed E-state index contributed by atoms with van der Waals surface area (Å²) >= 11 is 0. The topological polar surface area (TPSA) is 24.7 Å². The Kier molecular flexibility index (Phi) is 2.07. The summed E-state index contributed by atoms with van der Waals surface area (Å²) in [7, 11) is 0. The third-order valence-corrected chi connectivity index (χ3v) is 1.87. The number of nitrogens with zero attached hydrogens (tertiary/aromatic N) is 2.